The van der Waals surface area contributed by atoms with E-state index in [-0.39, 0.29) is 31.1 Å². The standard InChI is InChI=1S/C25H38N8O5S/c1-13(2)20(24(37)38)33-23(36)19(10-14-11-30-17-7-4-3-6-15(14)17)32-22(35)18(8-5-9-29-25(27)28)31-21(34)16(26)12-39/h3-4,6-7,11,13,16,18-20,30,39H,5,8-10,12,26H2,1-2H3,(H,31,34)(H,32,35)(H,33,36)(H,37,38)(H4,27,28,29). The number of carboxylic acids is 1. The summed E-state index contributed by atoms with van der Waals surface area (Å²) < 4.78 is 0. The molecule has 2 aromatic rings. The van der Waals surface area contributed by atoms with Crippen LogP contribution in [0.2, 0.25) is 0 Å². The number of amides is 3. The Bertz CT molecular complexity index is 1180. The lowest BCUT2D eigenvalue weighted by molar-refractivity contribution is -0.143. The Balaban J connectivity index is 2.32. The molecule has 0 saturated heterocycles. The van der Waals surface area contributed by atoms with E-state index in [0.29, 0.717) is 6.42 Å². The highest BCUT2D eigenvalue weighted by Gasteiger charge is 2.31. The first-order valence-electron chi connectivity index (χ1n) is 12.5. The molecular weight excluding hydrogens is 524 g/mol. The molecule has 1 aromatic heterocycles. The lowest BCUT2D eigenvalue weighted by Gasteiger charge is -2.26. The predicted octanol–water partition coefficient (Wildman–Crippen LogP) is -0.784. The molecule has 4 atom stereocenters. The summed E-state index contributed by atoms with van der Waals surface area (Å²) in [6, 6.07) is 3.14. The number of aromatic amines is 1. The van der Waals surface area contributed by atoms with Crippen molar-refractivity contribution in [1.82, 2.24) is 20.9 Å². The normalized spacial score (nSPS) is 14.2. The Labute approximate surface area is 232 Å². The van der Waals surface area contributed by atoms with Crippen LogP contribution in [0.5, 0.6) is 0 Å². The summed E-state index contributed by atoms with van der Waals surface area (Å²) in [5.41, 5.74) is 18.1. The number of carbonyl (C=O) groups is 4. The van der Waals surface area contributed by atoms with Gasteiger partial charge in [0.2, 0.25) is 17.7 Å². The summed E-state index contributed by atoms with van der Waals surface area (Å²) in [5, 5.41) is 18.2. The first kappa shape index (κ1) is 31.4. The van der Waals surface area contributed by atoms with E-state index in [1.54, 1.807) is 20.0 Å². The van der Waals surface area contributed by atoms with Crippen LogP contribution in [0.4, 0.5) is 0 Å². The third-order valence-corrected chi connectivity index (χ3v) is 6.47. The number of carbonyl (C=O) groups excluding carboxylic acids is 3. The first-order valence-corrected chi connectivity index (χ1v) is 13.2. The molecular formula is C25H38N8O5S. The van der Waals surface area contributed by atoms with Crippen molar-refractivity contribution in [2.75, 3.05) is 12.3 Å². The number of benzene rings is 1. The van der Waals surface area contributed by atoms with E-state index >= 15 is 0 Å². The molecule has 0 fully saturated rings. The second-order valence-electron chi connectivity index (χ2n) is 9.49. The van der Waals surface area contributed by atoms with Crippen LogP contribution >= 0.6 is 12.6 Å². The molecule has 11 N–H and O–H groups in total. The number of nitrogens with zero attached hydrogens (tertiary/aromatic N) is 1. The molecule has 3 amide bonds. The molecule has 214 valence electrons. The van der Waals surface area contributed by atoms with Crippen LogP contribution in [0, 0.1) is 5.92 Å². The number of thiol groups is 1. The van der Waals surface area contributed by atoms with Gasteiger partial charge in [0.15, 0.2) is 5.96 Å². The number of aromatic nitrogens is 1. The van der Waals surface area contributed by atoms with Gasteiger partial charge in [0.05, 0.1) is 6.04 Å². The number of nitrogens with two attached hydrogens (primary N) is 3. The highest BCUT2D eigenvalue weighted by Crippen LogP contribution is 2.19. The van der Waals surface area contributed by atoms with E-state index in [1.165, 1.54) is 0 Å². The van der Waals surface area contributed by atoms with Crippen molar-refractivity contribution in [3.63, 3.8) is 0 Å². The monoisotopic (exact) mass is 562 g/mol. The van der Waals surface area contributed by atoms with Crippen molar-refractivity contribution in [3.8, 4) is 0 Å². The van der Waals surface area contributed by atoms with E-state index in [9.17, 15) is 24.3 Å². The number of hydrogen-bond donors (Lipinski definition) is 9. The van der Waals surface area contributed by atoms with Gasteiger partial charge < -0.3 is 43.2 Å². The minimum atomic E-state index is -1.19. The summed E-state index contributed by atoms with van der Waals surface area (Å²) in [4.78, 5) is 57.9. The third-order valence-electron chi connectivity index (χ3n) is 6.07. The van der Waals surface area contributed by atoms with E-state index in [2.05, 4.69) is 38.6 Å². The largest absolute Gasteiger partial charge is 0.480 e. The smallest absolute Gasteiger partial charge is 0.326 e. The number of hydrogen-bond acceptors (Lipinski definition) is 7. The number of H-pyrrole nitrogens is 1. The topological polar surface area (TPSA) is 231 Å². The summed E-state index contributed by atoms with van der Waals surface area (Å²) in [6.07, 6.45) is 2.30. The number of nitrogens with one attached hydrogen (secondary N) is 4. The van der Waals surface area contributed by atoms with Gasteiger partial charge in [0.25, 0.3) is 0 Å². The Morgan fingerprint density at radius 2 is 1.67 bits per heavy atom. The Morgan fingerprint density at radius 3 is 2.28 bits per heavy atom. The predicted molar refractivity (Wildman–Crippen MR) is 152 cm³/mol. The lowest BCUT2D eigenvalue weighted by Crippen LogP contribution is -2.58. The van der Waals surface area contributed by atoms with Crippen molar-refractivity contribution in [2.24, 2.45) is 28.1 Å². The highest BCUT2D eigenvalue weighted by molar-refractivity contribution is 7.80. The van der Waals surface area contributed by atoms with Crippen LogP contribution in [0.25, 0.3) is 10.9 Å². The number of aliphatic imine (C=N–C) groups is 1. The average Bonchev–Trinajstić information content (AvgIpc) is 3.29. The van der Waals surface area contributed by atoms with Crippen LogP contribution < -0.4 is 33.2 Å². The van der Waals surface area contributed by atoms with Crippen molar-refractivity contribution in [2.45, 2.75) is 57.3 Å². The fraction of sp³-hybridized carbons (Fsp3) is 0.480. The number of para-hydroxylation sites is 1. The molecule has 13 nitrogen and oxygen atoms in total. The minimum Gasteiger partial charge on any atom is -0.480 e. The van der Waals surface area contributed by atoms with Crippen molar-refractivity contribution >= 4 is 53.2 Å². The molecule has 0 saturated carbocycles. The zero-order valence-electron chi connectivity index (χ0n) is 22.0. The molecule has 1 aromatic carbocycles. The molecule has 0 aliphatic heterocycles. The van der Waals surface area contributed by atoms with Crippen molar-refractivity contribution in [3.05, 3.63) is 36.0 Å². The van der Waals surface area contributed by atoms with Gasteiger partial charge in [0, 0.05) is 35.8 Å². The summed E-state index contributed by atoms with van der Waals surface area (Å²) in [5.74, 6) is -3.54. The van der Waals surface area contributed by atoms with Crippen LogP contribution in [0.1, 0.15) is 32.3 Å². The van der Waals surface area contributed by atoms with Crippen LogP contribution in [0.3, 0.4) is 0 Å². The Hall–Kier alpha value is -3.78. The van der Waals surface area contributed by atoms with Gasteiger partial charge >= 0.3 is 5.97 Å². The van der Waals surface area contributed by atoms with E-state index in [4.69, 9.17) is 17.2 Å². The molecule has 14 heteroatoms. The van der Waals surface area contributed by atoms with Gasteiger partial charge in [-0.05, 0) is 30.4 Å². The van der Waals surface area contributed by atoms with Gasteiger partial charge in [-0.3, -0.25) is 19.4 Å². The maximum atomic E-state index is 13.4. The SMILES string of the molecule is CC(C)C(NC(=O)C(Cc1c[nH]c2ccccc12)NC(=O)C(CCCN=C(N)N)NC(=O)C(N)CS)C(=O)O. The minimum absolute atomic E-state index is 0.0611. The van der Waals surface area contributed by atoms with Crippen LogP contribution in [-0.2, 0) is 25.6 Å². The molecule has 4 unspecified atom stereocenters. The number of rotatable bonds is 15. The number of aliphatic carboxylic acids is 1. The fourth-order valence-electron chi connectivity index (χ4n) is 3.90. The summed E-state index contributed by atoms with van der Waals surface area (Å²) in [6.45, 7) is 3.55. The second-order valence-corrected chi connectivity index (χ2v) is 9.86. The Kier molecular flexibility index (Phi) is 12.1. The highest BCUT2D eigenvalue weighted by atomic mass is 32.1. The zero-order valence-corrected chi connectivity index (χ0v) is 22.9. The number of guanidine groups is 1. The summed E-state index contributed by atoms with van der Waals surface area (Å²) in [7, 11) is 0. The Morgan fingerprint density at radius 1 is 1.03 bits per heavy atom. The maximum Gasteiger partial charge on any atom is 0.326 e. The first-order chi connectivity index (χ1) is 18.4. The van der Waals surface area contributed by atoms with Gasteiger partial charge in [0.1, 0.15) is 18.1 Å². The number of fused-ring (bicyclic) bond motifs is 1. The molecule has 0 aliphatic carbocycles. The van der Waals surface area contributed by atoms with E-state index < -0.39 is 53.8 Å². The van der Waals surface area contributed by atoms with Gasteiger partial charge in [-0.2, -0.15) is 12.6 Å². The van der Waals surface area contributed by atoms with Crippen LogP contribution in [0.15, 0.2) is 35.5 Å². The van der Waals surface area contributed by atoms with Crippen LogP contribution in [-0.4, -0.2) is 76.2 Å². The molecule has 2 rings (SSSR count). The van der Waals surface area contributed by atoms with Crippen molar-refractivity contribution in [1.29, 1.82) is 0 Å². The third kappa shape index (κ3) is 9.48. The van der Waals surface area contributed by atoms with Crippen molar-refractivity contribution < 1.29 is 24.3 Å². The fourth-order valence-corrected chi connectivity index (χ4v) is 4.07. The molecule has 0 bridgehead atoms. The quantitative estimate of drug-likeness (QED) is 0.0577. The lowest BCUT2D eigenvalue weighted by atomic mass is 10.0. The second kappa shape index (κ2) is 15.0. The van der Waals surface area contributed by atoms with Gasteiger partial charge in [-0.25, -0.2) is 4.79 Å². The van der Waals surface area contributed by atoms with E-state index in [1.807, 2.05) is 24.3 Å². The zero-order chi connectivity index (χ0) is 29.1. The van der Waals surface area contributed by atoms with Gasteiger partial charge in [-0.15, -0.1) is 0 Å². The van der Waals surface area contributed by atoms with E-state index in [0.717, 1.165) is 16.5 Å². The molecule has 0 aliphatic rings. The van der Waals surface area contributed by atoms with Gasteiger partial charge in [-0.1, -0.05) is 32.0 Å². The molecule has 0 radical (unpaired) electrons. The number of carboxylic acid groups (broad SMARTS) is 1. The molecule has 39 heavy (non-hydrogen) atoms. The maximum absolute atomic E-state index is 13.4. The molecule has 0 spiro atoms. The summed E-state index contributed by atoms with van der Waals surface area (Å²) >= 11 is 4.03. The average molecular weight is 563 g/mol. The molecule has 1 heterocycles.